The molecule has 0 saturated heterocycles. The first-order valence-corrected chi connectivity index (χ1v) is 5.67. The summed E-state index contributed by atoms with van der Waals surface area (Å²) >= 11 is 0. The Kier molecular flexibility index (Phi) is 4.30. The second-order valence-corrected chi connectivity index (χ2v) is 3.84. The zero-order chi connectivity index (χ0) is 13.7. The van der Waals surface area contributed by atoms with Gasteiger partial charge in [-0.05, 0) is 30.3 Å². The molecule has 100 valence electrons. The van der Waals surface area contributed by atoms with E-state index in [2.05, 4.69) is 0 Å². The van der Waals surface area contributed by atoms with Crippen molar-refractivity contribution in [2.75, 3.05) is 13.7 Å². The minimum absolute atomic E-state index is 0.166. The van der Waals surface area contributed by atoms with E-state index in [1.165, 1.54) is 25.5 Å². The van der Waals surface area contributed by atoms with E-state index in [1.54, 1.807) is 12.1 Å². The lowest BCUT2D eigenvalue weighted by Gasteiger charge is -2.07. The van der Waals surface area contributed by atoms with E-state index in [4.69, 9.17) is 13.9 Å². The molecule has 2 rings (SSSR count). The van der Waals surface area contributed by atoms with Gasteiger partial charge in [-0.2, -0.15) is 0 Å². The third-order valence-corrected chi connectivity index (χ3v) is 2.52. The van der Waals surface area contributed by atoms with Gasteiger partial charge in [0.25, 0.3) is 0 Å². The predicted octanol–water partition coefficient (Wildman–Crippen LogP) is 2.83. The number of methoxy groups -OCH3 is 1. The number of ketones is 1. The zero-order valence-electron chi connectivity index (χ0n) is 10.4. The summed E-state index contributed by atoms with van der Waals surface area (Å²) < 4.78 is 28.4. The van der Waals surface area contributed by atoms with Crippen molar-refractivity contribution >= 4 is 5.78 Å². The monoisotopic (exact) mass is 264 g/mol. The number of carbonyl (C=O) groups is 1. The van der Waals surface area contributed by atoms with Crippen LogP contribution in [0.3, 0.4) is 0 Å². The fourth-order valence-electron chi connectivity index (χ4n) is 1.61. The molecule has 4 nitrogen and oxygen atoms in total. The van der Waals surface area contributed by atoms with Gasteiger partial charge in [-0.3, -0.25) is 4.79 Å². The number of hydrogen-bond acceptors (Lipinski definition) is 4. The fraction of sp³-hybridized carbons (Fsp3) is 0.214. The van der Waals surface area contributed by atoms with E-state index in [-0.39, 0.29) is 24.6 Å². The summed E-state index contributed by atoms with van der Waals surface area (Å²) in [4.78, 5) is 11.9. The summed E-state index contributed by atoms with van der Waals surface area (Å²) in [6.45, 7) is 0.0247. The van der Waals surface area contributed by atoms with Crippen molar-refractivity contribution in [3.05, 3.63) is 53.7 Å². The molecule has 1 aromatic heterocycles. The van der Waals surface area contributed by atoms with E-state index in [0.29, 0.717) is 11.5 Å². The first-order chi connectivity index (χ1) is 9.20. The number of benzene rings is 1. The summed E-state index contributed by atoms with van der Waals surface area (Å²) in [7, 11) is 1.42. The highest BCUT2D eigenvalue weighted by atomic mass is 19.1. The largest absolute Gasteiger partial charge is 0.496 e. The van der Waals surface area contributed by atoms with Gasteiger partial charge in [0, 0.05) is 0 Å². The van der Waals surface area contributed by atoms with Gasteiger partial charge in [-0.15, -0.1) is 0 Å². The van der Waals surface area contributed by atoms with Crippen LogP contribution in [0.2, 0.25) is 0 Å². The summed E-state index contributed by atoms with van der Waals surface area (Å²) in [6, 6.07) is 7.26. The van der Waals surface area contributed by atoms with Crippen LogP contribution in [0.15, 0.2) is 41.0 Å². The maximum absolute atomic E-state index is 13.1. The fourth-order valence-corrected chi connectivity index (χ4v) is 1.61. The van der Waals surface area contributed by atoms with Crippen LogP contribution in [0.1, 0.15) is 16.1 Å². The molecule has 0 N–H and O–H groups in total. The van der Waals surface area contributed by atoms with Gasteiger partial charge in [0.15, 0.2) is 5.78 Å². The molecule has 0 spiro atoms. The van der Waals surface area contributed by atoms with Crippen molar-refractivity contribution in [1.82, 2.24) is 0 Å². The smallest absolute Gasteiger partial charge is 0.192 e. The first-order valence-electron chi connectivity index (χ1n) is 5.67. The molecule has 0 bridgehead atoms. The Morgan fingerprint density at radius 3 is 2.89 bits per heavy atom. The molecule has 2 aromatic rings. The van der Waals surface area contributed by atoms with Gasteiger partial charge in [-0.1, -0.05) is 0 Å². The minimum Gasteiger partial charge on any atom is -0.496 e. The normalized spacial score (nSPS) is 10.4. The molecule has 1 aromatic carbocycles. The number of hydrogen-bond donors (Lipinski definition) is 0. The number of halogens is 1. The lowest BCUT2D eigenvalue weighted by molar-refractivity contribution is 0.0688. The van der Waals surface area contributed by atoms with Crippen LogP contribution in [-0.4, -0.2) is 19.5 Å². The molecule has 1 heterocycles. The standard InChI is InChI=1S/C14H13FO4/c1-17-14-5-4-10(15)7-12(14)13(16)9-18-8-11-3-2-6-19-11/h2-7H,8-9H2,1H3. The summed E-state index contributed by atoms with van der Waals surface area (Å²) in [5.41, 5.74) is 0.168. The molecule has 0 amide bonds. The van der Waals surface area contributed by atoms with Crippen molar-refractivity contribution in [2.45, 2.75) is 6.61 Å². The van der Waals surface area contributed by atoms with Crippen molar-refractivity contribution < 1.29 is 23.1 Å². The van der Waals surface area contributed by atoms with Gasteiger partial charge < -0.3 is 13.9 Å². The molecule has 0 aliphatic rings. The number of furan rings is 1. The van der Waals surface area contributed by atoms with Crippen molar-refractivity contribution in [2.24, 2.45) is 0 Å². The van der Waals surface area contributed by atoms with Crippen LogP contribution < -0.4 is 4.74 Å². The maximum Gasteiger partial charge on any atom is 0.192 e. The number of Topliss-reactive ketones (excluding diaryl/α,β-unsaturated/α-hetero) is 1. The second-order valence-electron chi connectivity index (χ2n) is 3.84. The van der Waals surface area contributed by atoms with E-state index in [0.717, 1.165) is 6.07 Å². The molecule has 0 radical (unpaired) electrons. The molecule has 0 saturated carbocycles. The van der Waals surface area contributed by atoms with Gasteiger partial charge in [-0.25, -0.2) is 4.39 Å². The molecule has 0 aliphatic carbocycles. The molecular formula is C14H13FO4. The average Bonchev–Trinajstić information content (AvgIpc) is 2.91. The van der Waals surface area contributed by atoms with Gasteiger partial charge in [0.2, 0.25) is 0 Å². The lowest BCUT2D eigenvalue weighted by atomic mass is 10.1. The van der Waals surface area contributed by atoms with Crippen LogP contribution in [0.5, 0.6) is 5.75 Å². The third-order valence-electron chi connectivity index (χ3n) is 2.52. The highest BCUT2D eigenvalue weighted by Gasteiger charge is 2.13. The third kappa shape index (κ3) is 3.42. The molecular weight excluding hydrogens is 251 g/mol. The van der Waals surface area contributed by atoms with E-state index in [1.807, 2.05) is 0 Å². The maximum atomic E-state index is 13.1. The van der Waals surface area contributed by atoms with Crippen LogP contribution in [0.25, 0.3) is 0 Å². The summed E-state index contributed by atoms with van der Waals surface area (Å²) in [5.74, 6) is 0.116. The quantitative estimate of drug-likeness (QED) is 0.753. The van der Waals surface area contributed by atoms with E-state index in [9.17, 15) is 9.18 Å². The number of rotatable bonds is 6. The van der Waals surface area contributed by atoms with Crippen LogP contribution in [0.4, 0.5) is 4.39 Å². The molecule has 0 unspecified atom stereocenters. The molecule has 19 heavy (non-hydrogen) atoms. The molecule has 0 fully saturated rings. The molecule has 0 aliphatic heterocycles. The van der Waals surface area contributed by atoms with E-state index < -0.39 is 5.82 Å². The SMILES string of the molecule is COc1ccc(F)cc1C(=O)COCc1ccco1. The average molecular weight is 264 g/mol. The zero-order valence-corrected chi connectivity index (χ0v) is 10.4. The van der Waals surface area contributed by atoms with Gasteiger partial charge >= 0.3 is 0 Å². The Balaban J connectivity index is 1.97. The number of ether oxygens (including phenoxy) is 2. The first kappa shape index (κ1) is 13.3. The highest BCUT2D eigenvalue weighted by molar-refractivity contribution is 5.99. The van der Waals surface area contributed by atoms with Crippen molar-refractivity contribution in [3.63, 3.8) is 0 Å². The van der Waals surface area contributed by atoms with Crippen molar-refractivity contribution in [1.29, 1.82) is 0 Å². The van der Waals surface area contributed by atoms with Gasteiger partial charge in [0.05, 0.1) is 18.9 Å². The van der Waals surface area contributed by atoms with Crippen LogP contribution in [0, 0.1) is 5.82 Å². The Hall–Kier alpha value is -2.14. The summed E-state index contributed by atoms with van der Waals surface area (Å²) in [6.07, 6.45) is 1.52. The Morgan fingerprint density at radius 1 is 1.37 bits per heavy atom. The number of carbonyl (C=O) groups excluding carboxylic acids is 1. The topological polar surface area (TPSA) is 48.7 Å². The van der Waals surface area contributed by atoms with Crippen LogP contribution >= 0.6 is 0 Å². The second kappa shape index (κ2) is 6.15. The highest BCUT2D eigenvalue weighted by Crippen LogP contribution is 2.20. The van der Waals surface area contributed by atoms with Gasteiger partial charge in [0.1, 0.15) is 30.5 Å². The minimum atomic E-state index is -0.491. The molecule has 5 heteroatoms. The molecule has 0 atom stereocenters. The Labute approximate surface area is 109 Å². The summed E-state index contributed by atoms with van der Waals surface area (Å²) in [5, 5.41) is 0. The van der Waals surface area contributed by atoms with E-state index >= 15 is 0 Å². The Morgan fingerprint density at radius 2 is 2.21 bits per heavy atom. The van der Waals surface area contributed by atoms with Crippen LogP contribution in [-0.2, 0) is 11.3 Å². The lowest BCUT2D eigenvalue weighted by Crippen LogP contribution is -2.10. The predicted molar refractivity (Wildman–Crippen MR) is 65.6 cm³/mol. The van der Waals surface area contributed by atoms with Crippen molar-refractivity contribution in [3.8, 4) is 5.75 Å². The Bertz CT molecular complexity index is 549.